The van der Waals surface area contributed by atoms with Gasteiger partial charge in [-0.2, -0.15) is 15.0 Å². The Morgan fingerprint density at radius 2 is 1.97 bits per heavy atom. The number of nitrogens with one attached hydrogen (secondary N) is 1. The highest BCUT2D eigenvalue weighted by Crippen LogP contribution is 2.46. The molecular formula is C22H29FN8O3. The van der Waals surface area contributed by atoms with Gasteiger partial charge >= 0.3 is 6.01 Å². The van der Waals surface area contributed by atoms with Gasteiger partial charge in [0.15, 0.2) is 11.6 Å². The molecule has 3 N–H and O–H groups in total. The van der Waals surface area contributed by atoms with Gasteiger partial charge in [-0.3, -0.25) is 4.79 Å². The van der Waals surface area contributed by atoms with Gasteiger partial charge < -0.3 is 25.4 Å². The third kappa shape index (κ3) is 5.42. The molecule has 0 bridgehead atoms. The maximum atomic E-state index is 13.9. The van der Waals surface area contributed by atoms with Crippen LogP contribution < -0.4 is 25.4 Å². The van der Waals surface area contributed by atoms with E-state index in [0.717, 1.165) is 25.7 Å². The summed E-state index contributed by atoms with van der Waals surface area (Å²) < 4.78 is 25.4. The van der Waals surface area contributed by atoms with Crippen molar-refractivity contribution >= 4 is 17.7 Å². The van der Waals surface area contributed by atoms with Gasteiger partial charge in [0.1, 0.15) is 12.0 Å². The Kier molecular flexibility index (Phi) is 6.05. The quantitative estimate of drug-likeness (QED) is 0.552. The zero-order valence-electron chi connectivity index (χ0n) is 19.1. The van der Waals surface area contributed by atoms with Crippen molar-refractivity contribution < 1.29 is 18.7 Å². The molecule has 182 valence electrons. The second kappa shape index (κ2) is 9.15. The lowest BCUT2D eigenvalue weighted by Gasteiger charge is -2.32. The van der Waals surface area contributed by atoms with Crippen molar-refractivity contribution in [3.05, 3.63) is 18.3 Å². The summed E-state index contributed by atoms with van der Waals surface area (Å²) in [5.74, 6) is 1.01. The summed E-state index contributed by atoms with van der Waals surface area (Å²) in [6.07, 6.45) is 7.01. The maximum Gasteiger partial charge on any atom is 0.321 e. The molecule has 11 nitrogen and oxygen atoms in total. The fraction of sp³-hybridized carbons (Fsp3) is 0.636. The van der Waals surface area contributed by atoms with Crippen LogP contribution in [-0.2, 0) is 0 Å². The molecule has 0 spiro atoms. The number of nitrogens with zero attached hydrogens (tertiary/aromatic N) is 6. The standard InChI is InChI=1S/C22H29FN8O3/c1-22(23)8-14(22)11-34-21-29-18(19(32)27-15-2-3-15)28-20(30-21)31-6-4-13(5-7-31)10-33-16-9-25-12-26-17(16)24/h9,12-15H,2-8,10-11H2,1H3,(H,27,32)(H2,24,25,26). The van der Waals surface area contributed by atoms with Gasteiger partial charge in [-0.15, -0.1) is 0 Å². The van der Waals surface area contributed by atoms with E-state index in [1.165, 1.54) is 6.33 Å². The molecule has 3 aliphatic rings. The van der Waals surface area contributed by atoms with E-state index >= 15 is 0 Å². The zero-order chi connectivity index (χ0) is 23.7. The maximum absolute atomic E-state index is 13.9. The Labute approximate surface area is 196 Å². The summed E-state index contributed by atoms with van der Waals surface area (Å²) in [5, 5.41) is 2.90. The van der Waals surface area contributed by atoms with Crippen LogP contribution in [0.5, 0.6) is 11.8 Å². The number of nitrogens with two attached hydrogens (primary N) is 1. The molecule has 0 aromatic carbocycles. The van der Waals surface area contributed by atoms with Crippen molar-refractivity contribution in [2.75, 3.05) is 36.9 Å². The minimum atomic E-state index is -1.21. The number of carbonyl (C=O) groups is 1. The largest absolute Gasteiger partial charge is 0.488 e. The smallest absolute Gasteiger partial charge is 0.321 e. The first kappa shape index (κ1) is 22.5. The Morgan fingerprint density at radius 3 is 2.65 bits per heavy atom. The highest BCUT2D eigenvalue weighted by molar-refractivity contribution is 5.91. The molecule has 2 unspecified atom stereocenters. The topological polar surface area (TPSA) is 141 Å². The van der Waals surface area contributed by atoms with Gasteiger partial charge in [-0.05, 0) is 44.9 Å². The summed E-state index contributed by atoms with van der Waals surface area (Å²) >= 11 is 0. The molecule has 2 aromatic rings. The molecule has 2 aromatic heterocycles. The summed E-state index contributed by atoms with van der Waals surface area (Å²) in [4.78, 5) is 35.5. The van der Waals surface area contributed by atoms with Gasteiger partial charge in [0, 0.05) is 25.0 Å². The Morgan fingerprint density at radius 1 is 1.21 bits per heavy atom. The minimum absolute atomic E-state index is 0.0238. The monoisotopic (exact) mass is 472 g/mol. The van der Waals surface area contributed by atoms with Crippen LogP contribution in [0.3, 0.4) is 0 Å². The number of ether oxygens (including phenoxy) is 2. The molecule has 3 fully saturated rings. The van der Waals surface area contributed by atoms with Crippen molar-refractivity contribution in [1.82, 2.24) is 30.2 Å². The summed E-state index contributed by atoms with van der Waals surface area (Å²) in [7, 11) is 0. The van der Waals surface area contributed by atoms with E-state index < -0.39 is 5.67 Å². The lowest BCUT2D eigenvalue weighted by molar-refractivity contribution is 0.0938. The molecular weight excluding hydrogens is 443 g/mol. The van der Waals surface area contributed by atoms with Gasteiger partial charge in [-0.1, -0.05) is 0 Å². The molecule has 34 heavy (non-hydrogen) atoms. The van der Waals surface area contributed by atoms with Crippen LogP contribution in [0.25, 0.3) is 0 Å². The number of nitrogen functional groups attached to an aromatic ring is 1. The lowest BCUT2D eigenvalue weighted by Crippen LogP contribution is -2.37. The average Bonchev–Trinajstić information content (AvgIpc) is 3.75. The van der Waals surface area contributed by atoms with Crippen molar-refractivity contribution in [3.8, 4) is 11.8 Å². The lowest BCUT2D eigenvalue weighted by atomic mass is 9.98. The number of anilines is 2. The van der Waals surface area contributed by atoms with E-state index in [1.807, 2.05) is 4.90 Å². The van der Waals surface area contributed by atoms with Crippen LogP contribution in [0.15, 0.2) is 12.5 Å². The molecule has 2 atom stereocenters. The van der Waals surface area contributed by atoms with E-state index in [4.69, 9.17) is 15.2 Å². The number of hydrogen-bond acceptors (Lipinski definition) is 10. The van der Waals surface area contributed by atoms with Gasteiger partial charge in [-0.25, -0.2) is 14.4 Å². The van der Waals surface area contributed by atoms with E-state index in [1.54, 1.807) is 13.1 Å². The van der Waals surface area contributed by atoms with Crippen molar-refractivity contribution in [2.45, 2.75) is 50.7 Å². The fourth-order valence-electron chi connectivity index (χ4n) is 3.91. The van der Waals surface area contributed by atoms with E-state index in [2.05, 4.69) is 30.2 Å². The second-order valence-corrected chi connectivity index (χ2v) is 9.49. The molecule has 0 radical (unpaired) electrons. The normalized spacial score (nSPS) is 24.5. The van der Waals surface area contributed by atoms with Crippen LogP contribution >= 0.6 is 0 Å². The van der Waals surface area contributed by atoms with Crippen LogP contribution in [0.2, 0.25) is 0 Å². The number of rotatable bonds is 9. The van der Waals surface area contributed by atoms with Crippen molar-refractivity contribution in [2.24, 2.45) is 11.8 Å². The average molecular weight is 473 g/mol. The first-order valence-electron chi connectivity index (χ1n) is 11.7. The number of halogens is 1. The molecule has 5 rings (SSSR count). The second-order valence-electron chi connectivity index (χ2n) is 9.49. The number of hydrogen-bond donors (Lipinski definition) is 2. The minimum Gasteiger partial charge on any atom is -0.488 e. The Hall–Kier alpha value is -3.31. The molecule has 2 aliphatic carbocycles. The number of amides is 1. The van der Waals surface area contributed by atoms with Gasteiger partial charge in [0.2, 0.25) is 11.8 Å². The molecule has 12 heteroatoms. The van der Waals surface area contributed by atoms with E-state index in [0.29, 0.717) is 49.6 Å². The number of piperidine rings is 1. The molecule has 2 saturated carbocycles. The molecule has 1 aliphatic heterocycles. The van der Waals surface area contributed by atoms with E-state index in [9.17, 15) is 9.18 Å². The molecule has 1 saturated heterocycles. The van der Waals surface area contributed by atoms with Crippen LogP contribution in [0.4, 0.5) is 16.2 Å². The zero-order valence-corrected chi connectivity index (χ0v) is 19.1. The number of alkyl halides is 1. The van der Waals surface area contributed by atoms with Crippen molar-refractivity contribution in [1.29, 1.82) is 0 Å². The SMILES string of the molecule is CC1(F)CC1COc1nc(C(=O)NC2CC2)nc(N2CCC(COc3cncnc3N)CC2)n1. The Balaban J connectivity index is 1.22. The number of carbonyl (C=O) groups excluding carboxylic acids is 1. The summed E-state index contributed by atoms with van der Waals surface area (Å²) in [6.45, 7) is 3.61. The third-order valence-corrected chi connectivity index (χ3v) is 6.55. The van der Waals surface area contributed by atoms with Crippen LogP contribution in [-0.4, -0.2) is 68.8 Å². The highest BCUT2D eigenvalue weighted by Gasteiger charge is 2.51. The predicted molar refractivity (Wildman–Crippen MR) is 120 cm³/mol. The predicted octanol–water partition coefficient (Wildman–Crippen LogP) is 1.56. The van der Waals surface area contributed by atoms with Crippen LogP contribution in [0.1, 0.15) is 49.6 Å². The van der Waals surface area contributed by atoms with E-state index in [-0.39, 0.29) is 36.3 Å². The first-order chi connectivity index (χ1) is 16.4. The summed E-state index contributed by atoms with van der Waals surface area (Å²) in [5.41, 5.74) is 4.60. The van der Waals surface area contributed by atoms with Gasteiger partial charge in [0.25, 0.3) is 5.91 Å². The van der Waals surface area contributed by atoms with Crippen molar-refractivity contribution in [3.63, 3.8) is 0 Å². The highest BCUT2D eigenvalue weighted by atomic mass is 19.1. The fourth-order valence-corrected chi connectivity index (χ4v) is 3.91. The third-order valence-electron chi connectivity index (χ3n) is 6.55. The van der Waals surface area contributed by atoms with Crippen LogP contribution in [0, 0.1) is 11.8 Å². The number of aromatic nitrogens is 5. The Bertz CT molecular complexity index is 1040. The summed E-state index contributed by atoms with van der Waals surface area (Å²) in [6, 6.07) is 0.231. The van der Waals surface area contributed by atoms with Gasteiger partial charge in [0.05, 0.1) is 19.4 Å². The molecule has 1 amide bonds. The molecule has 3 heterocycles. The first-order valence-corrected chi connectivity index (χ1v) is 11.7.